The summed E-state index contributed by atoms with van der Waals surface area (Å²) in [6.45, 7) is 2.37. The molecule has 0 spiro atoms. The number of hydrogen-bond acceptors (Lipinski definition) is 2. The van der Waals surface area contributed by atoms with Crippen LogP contribution >= 0.6 is 0 Å². The highest BCUT2D eigenvalue weighted by molar-refractivity contribution is 5.31. The Morgan fingerprint density at radius 2 is 1.48 bits per heavy atom. The summed E-state index contributed by atoms with van der Waals surface area (Å²) in [5.41, 5.74) is 3.55. The second-order valence-corrected chi connectivity index (χ2v) is 6.39. The van der Waals surface area contributed by atoms with Gasteiger partial charge in [0, 0.05) is 0 Å². The fourth-order valence-electron chi connectivity index (χ4n) is 3.19. The Morgan fingerprint density at radius 3 is 2.17 bits per heavy atom. The number of hydrogen-bond donors (Lipinski definition) is 0. The van der Waals surface area contributed by atoms with Crippen LogP contribution in [-0.4, -0.2) is 15.0 Å². The maximum absolute atomic E-state index is 4.48. The molecular formula is C20H25N3. The lowest BCUT2D eigenvalue weighted by molar-refractivity contribution is 0.464. The van der Waals surface area contributed by atoms with E-state index < -0.39 is 0 Å². The molecule has 3 heteroatoms. The average Bonchev–Trinajstić information content (AvgIpc) is 2.97. The lowest BCUT2D eigenvalue weighted by atomic mass is 9.99. The number of rotatable bonds is 1. The molecule has 0 bridgehead atoms. The molecule has 0 N–H and O–H groups in total. The van der Waals surface area contributed by atoms with Crippen LogP contribution < -0.4 is 0 Å². The molecule has 1 atom stereocenters. The highest BCUT2D eigenvalue weighted by Crippen LogP contribution is 2.23. The summed E-state index contributed by atoms with van der Waals surface area (Å²) in [6, 6.07) is 18.5. The maximum atomic E-state index is 4.48. The molecule has 1 aliphatic carbocycles. The van der Waals surface area contributed by atoms with Gasteiger partial charge in [-0.25, -0.2) is 4.68 Å². The van der Waals surface area contributed by atoms with E-state index in [-0.39, 0.29) is 0 Å². The smallest absolute Gasteiger partial charge is 0.0863 e. The van der Waals surface area contributed by atoms with Crippen LogP contribution in [-0.2, 0) is 12.8 Å². The van der Waals surface area contributed by atoms with Gasteiger partial charge in [-0.1, -0.05) is 67.4 Å². The molecule has 0 fully saturated rings. The molecule has 3 nitrogen and oxygen atoms in total. The molecule has 1 unspecified atom stereocenters. The monoisotopic (exact) mass is 307 g/mol. The minimum absolute atomic E-state index is 0.827. The molecule has 0 amide bonds. The topological polar surface area (TPSA) is 30.7 Å². The van der Waals surface area contributed by atoms with Crippen molar-refractivity contribution in [2.75, 3.05) is 0 Å². The lowest BCUT2D eigenvalue weighted by Crippen LogP contribution is -2.03. The van der Waals surface area contributed by atoms with Crippen LogP contribution in [0.3, 0.4) is 0 Å². The zero-order valence-corrected chi connectivity index (χ0v) is 13.9. The third-order valence-electron chi connectivity index (χ3n) is 4.51. The molecular weight excluding hydrogens is 282 g/mol. The van der Waals surface area contributed by atoms with Crippen LogP contribution in [0.4, 0.5) is 0 Å². The van der Waals surface area contributed by atoms with Gasteiger partial charge in [0.25, 0.3) is 0 Å². The SMILES string of the molecule is CC1CCCc2nnn(-c3ccccccccc3)c2CCC1. The van der Waals surface area contributed by atoms with Crippen molar-refractivity contribution in [3.05, 3.63) is 66.0 Å². The third-order valence-corrected chi connectivity index (χ3v) is 4.51. The fourth-order valence-corrected chi connectivity index (χ4v) is 3.19. The van der Waals surface area contributed by atoms with Crippen LogP contribution in [0.5, 0.6) is 0 Å². The van der Waals surface area contributed by atoms with E-state index in [0.29, 0.717) is 0 Å². The van der Waals surface area contributed by atoms with Crippen molar-refractivity contribution >= 4 is 0 Å². The minimum Gasteiger partial charge on any atom is -0.217 e. The highest BCUT2D eigenvalue weighted by atomic mass is 15.4. The van der Waals surface area contributed by atoms with E-state index in [2.05, 4.69) is 41.5 Å². The van der Waals surface area contributed by atoms with Gasteiger partial charge in [-0.2, -0.15) is 0 Å². The van der Waals surface area contributed by atoms with Gasteiger partial charge in [0.2, 0.25) is 0 Å². The van der Waals surface area contributed by atoms with E-state index in [1.54, 1.807) is 0 Å². The first-order valence-corrected chi connectivity index (χ1v) is 8.67. The molecule has 1 aliphatic rings. The van der Waals surface area contributed by atoms with Gasteiger partial charge < -0.3 is 0 Å². The van der Waals surface area contributed by atoms with Crippen molar-refractivity contribution < 1.29 is 0 Å². The molecule has 1 heterocycles. The Hall–Kier alpha value is -2.16. The van der Waals surface area contributed by atoms with E-state index in [1.807, 2.05) is 35.0 Å². The van der Waals surface area contributed by atoms with Gasteiger partial charge in [-0.3, -0.25) is 0 Å². The number of aryl methyl sites for hydroxylation is 1. The summed E-state index contributed by atoms with van der Waals surface area (Å²) in [5.74, 6) is 0.827. The van der Waals surface area contributed by atoms with Crippen molar-refractivity contribution in [1.82, 2.24) is 15.0 Å². The van der Waals surface area contributed by atoms with Crippen LogP contribution in [0.1, 0.15) is 44.0 Å². The Labute approximate surface area is 138 Å². The summed E-state index contributed by atoms with van der Waals surface area (Å²) >= 11 is 0. The highest BCUT2D eigenvalue weighted by Gasteiger charge is 2.16. The Balaban J connectivity index is 1.98. The van der Waals surface area contributed by atoms with Crippen molar-refractivity contribution in [2.45, 2.75) is 45.4 Å². The molecule has 23 heavy (non-hydrogen) atoms. The molecule has 1 aromatic heterocycles. The predicted octanol–water partition coefficient (Wildman–Crippen LogP) is 4.69. The number of aromatic nitrogens is 3. The molecule has 120 valence electrons. The van der Waals surface area contributed by atoms with Crippen molar-refractivity contribution in [2.24, 2.45) is 5.92 Å². The Bertz CT molecular complexity index is 664. The number of fused-ring (bicyclic) bond motifs is 1. The summed E-state index contributed by atoms with van der Waals surface area (Å²) in [7, 11) is 0. The van der Waals surface area contributed by atoms with Crippen LogP contribution in [0.2, 0.25) is 0 Å². The largest absolute Gasteiger partial charge is 0.217 e. The molecule has 0 saturated carbocycles. The molecule has 1 aromatic carbocycles. The van der Waals surface area contributed by atoms with Gasteiger partial charge in [0.1, 0.15) is 0 Å². The summed E-state index contributed by atoms with van der Waals surface area (Å²) in [4.78, 5) is 0. The van der Waals surface area contributed by atoms with Gasteiger partial charge >= 0.3 is 0 Å². The molecule has 0 radical (unpaired) electrons. The summed E-state index contributed by atoms with van der Waals surface area (Å²) in [6.07, 6.45) is 7.15. The van der Waals surface area contributed by atoms with E-state index in [0.717, 1.165) is 24.4 Å². The normalized spacial score (nSPS) is 18.0. The summed E-state index contributed by atoms with van der Waals surface area (Å²) < 4.78 is 2.03. The van der Waals surface area contributed by atoms with Gasteiger partial charge in [-0.15, -0.1) is 5.10 Å². The first-order chi connectivity index (χ1) is 11.3. The van der Waals surface area contributed by atoms with E-state index in [9.17, 15) is 0 Å². The van der Waals surface area contributed by atoms with Crippen LogP contribution in [0.15, 0.2) is 54.6 Å². The van der Waals surface area contributed by atoms with Gasteiger partial charge in [0.15, 0.2) is 0 Å². The fraction of sp³-hybridized carbons (Fsp3) is 0.400. The van der Waals surface area contributed by atoms with Gasteiger partial charge in [-0.05, 0) is 43.7 Å². The zero-order chi connectivity index (χ0) is 15.9. The van der Waals surface area contributed by atoms with Crippen LogP contribution in [0.25, 0.3) is 5.69 Å². The first-order valence-electron chi connectivity index (χ1n) is 8.67. The molecule has 3 rings (SSSR count). The predicted molar refractivity (Wildman–Crippen MR) is 94.0 cm³/mol. The molecule has 0 aliphatic heterocycles. The van der Waals surface area contributed by atoms with E-state index in [4.69, 9.17) is 0 Å². The van der Waals surface area contributed by atoms with Crippen molar-refractivity contribution in [3.8, 4) is 5.69 Å². The maximum Gasteiger partial charge on any atom is 0.0863 e. The standard InChI is InChI=1S/C20H25N3/c1-17-11-9-15-19-20(16-10-12-17)23(22-21-19)18-13-7-5-3-2-4-6-8-14-18/h2-8,13-14,17H,9-12,15-16H2,1H3. The van der Waals surface area contributed by atoms with Crippen molar-refractivity contribution in [1.29, 1.82) is 0 Å². The molecule has 0 saturated heterocycles. The van der Waals surface area contributed by atoms with Crippen LogP contribution in [0, 0.1) is 5.92 Å². The third kappa shape index (κ3) is 4.19. The Kier molecular flexibility index (Phi) is 5.41. The first kappa shape index (κ1) is 15.7. The molecule has 2 aromatic rings. The Morgan fingerprint density at radius 1 is 0.870 bits per heavy atom. The van der Waals surface area contributed by atoms with E-state index >= 15 is 0 Å². The lowest BCUT2D eigenvalue weighted by Gasteiger charge is -2.08. The summed E-state index contributed by atoms with van der Waals surface area (Å²) in [5, 5.41) is 8.93. The van der Waals surface area contributed by atoms with Gasteiger partial charge in [0.05, 0.1) is 17.1 Å². The van der Waals surface area contributed by atoms with Crippen molar-refractivity contribution in [3.63, 3.8) is 0 Å². The van der Waals surface area contributed by atoms with E-state index in [1.165, 1.54) is 37.1 Å². The quantitative estimate of drug-likeness (QED) is 0.765. The average molecular weight is 307 g/mol. The second-order valence-electron chi connectivity index (χ2n) is 6.39. The zero-order valence-electron chi connectivity index (χ0n) is 13.9. The second kappa shape index (κ2) is 7.91. The number of nitrogens with zero attached hydrogens (tertiary/aromatic N) is 3. The minimum atomic E-state index is 0.827.